The zero-order chi connectivity index (χ0) is 9.68. The molecule has 4 heteroatoms. The van der Waals surface area contributed by atoms with Crippen LogP contribution in [0.2, 0.25) is 0 Å². The highest BCUT2D eigenvalue weighted by molar-refractivity contribution is 5.80. The van der Waals surface area contributed by atoms with Crippen LogP contribution >= 0.6 is 0 Å². The molecule has 0 saturated heterocycles. The SMILES string of the molecule is COc1cc(/C=N\O)cc(OC)c1. The number of hydrogen-bond acceptors (Lipinski definition) is 4. The van der Waals surface area contributed by atoms with Gasteiger partial charge in [-0.25, -0.2) is 0 Å². The Kier molecular flexibility index (Phi) is 3.14. The summed E-state index contributed by atoms with van der Waals surface area (Å²) in [6.45, 7) is 0. The first-order valence-electron chi connectivity index (χ1n) is 3.70. The third kappa shape index (κ3) is 2.37. The molecule has 1 aromatic rings. The minimum absolute atomic E-state index is 0.661. The van der Waals surface area contributed by atoms with Gasteiger partial charge in [0.15, 0.2) is 0 Å². The average Bonchev–Trinajstić information content (AvgIpc) is 2.17. The summed E-state index contributed by atoms with van der Waals surface area (Å²) in [5, 5.41) is 11.3. The summed E-state index contributed by atoms with van der Waals surface area (Å²) in [6, 6.07) is 5.22. The molecule has 0 aromatic heterocycles. The predicted molar refractivity (Wildman–Crippen MR) is 48.9 cm³/mol. The second-order valence-electron chi connectivity index (χ2n) is 2.39. The van der Waals surface area contributed by atoms with Gasteiger partial charge in [0.2, 0.25) is 0 Å². The molecule has 1 rings (SSSR count). The third-order valence-corrected chi connectivity index (χ3v) is 1.58. The lowest BCUT2D eigenvalue weighted by Gasteiger charge is -2.04. The summed E-state index contributed by atoms with van der Waals surface area (Å²) < 4.78 is 10.0. The molecule has 0 heterocycles. The van der Waals surface area contributed by atoms with Crippen molar-refractivity contribution in [1.82, 2.24) is 0 Å². The van der Waals surface area contributed by atoms with E-state index < -0.39 is 0 Å². The Balaban J connectivity index is 3.07. The van der Waals surface area contributed by atoms with Gasteiger partial charge in [-0.2, -0.15) is 0 Å². The normalized spacial score (nSPS) is 10.3. The lowest BCUT2D eigenvalue weighted by atomic mass is 10.2. The number of benzene rings is 1. The summed E-state index contributed by atoms with van der Waals surface area (Å²) >= 11 is 0. The largest absolute Gasteiger partial charge is 0.497 e. The van der Waals surface area contributed by atoms with Crippen molar-refractivity contribution < 1.29 is 14.7 Å². The van der Waals surface area contributed by atoms with Gasteiger partial charge in [0, 0.05) is 11.6 Å². The Morgan fingerprint density at radius 1 is 1.15 bits per heavy atom. The highest BCUT2D eigenvalue weighted by Gasteiger charge is 1.99. The molecule has 0 atom stereocenters. The van der Waals surface area contributed by atoms with Crippen molar-refractivity contribution in [3.8, 4) is 11.5 Å². The van der Waals surface area contributed by atoms with Crippen LogP contribution in [0.15, 0.2) is 23.4 Å². The number of ether oxygens (including phenoxy) is 2. The van der Waals surface area contributed by atoms with Crippen LogP contribution in [0.1, 0.15) is 5.56 Å². The van der Waals surface area contributed by atoms with Gasteiger partial charge in [-0.1, -0.05) is 5.16 Å². The van der Waals surface area contributed by atoms with Crippen molar-refractivity contribution in [2.45, 2.75) is 0 Å². The first kappa shape index (κ1) is 9.38. The second-order valence-corrected chi connectivity index (χ2v) is 2.39. The van der Waals surface area contributed by atoms with Crippen LogP contribution in [0.5, 0.6) is 11.5 Å². The Hall–Kier alpha value is -1.71. The van der Waals surface area contributed by atoms with Crippen molar-refractivity contribution in [3.63, 3.8) is 0 Å². The lowest BCUT2D eigenvalue weighted by Crippen LogP contribution is -1.90. The molecule has 0 aliphatic rings. The molecule has 0 bridgehead atoms. The van der Waals surface area contributed by atoms with Crippen LogP contribution in [0.25, 0.3) is 0 Å². The molecular weight excluding hydrogens is 170 g/mol. The summed E-state index contributed by atoms with van der Waals surface area (Å²) in [5.41, 5.74) is 0.721. The topological polar surface area (TPSA) is 51.0 Å². The first-order valence-corrected chi connectivity index (χ1v) is 3.70. The fourth-order valence-corrected chi connectivity index (χ4v) is 0.971. The third-order valence-electron chi connectivity index (χ3n) is 1.58. The molecule has 0 saturated carbocycles. The zero-order valence-electron chi connectivity index (χ0n) is 7.52. The fraction of sp³-hybridized carbons (Fsp3) is 0.222. The Bertz CT molecular complexity index is 287. The van der Waals surface area contributed by atoms with Gasteiger partial charge in [0.1, 0.15) is 11.5 Å². The standard InChI is InChI=1S/C9H11NO3/c1-12-8-3-7(6-10-11)4-9(5-8)13-2/h3-6,11H,1-2H3/b10-6-. The van der Waals surface area contributed by atoms with Crippen LogP contribution in [0.3, 0.4) is 0 Å². The van der Waals surface area contributed by atoms with E-state index in [9.17, 15) is 0 Å². The predicted octanol–water partition coefficient (Wildman–Crippen LogP) is 1.51. The Morgan fingerprint density at radius 3 is 2.08 bits per heavy atom. The van der Waals surface area contributed by atoms with E-state index in [-0.39, 0.29) is 0 Å². The zero-order valence-corrected chi connectivity index (χ0v) is 7.52. The molecule has 0 amide bonds. The summed E-state index contributed by atoms with van der Waals surface area (Å²) in [6.07, 6.45) is 1.31. The quantitative estimate of drug-likeness (QED) is 0.437. The van der Waals surface area contributed by atoms with Crippen molar-refractivity contribution in [2.24, 2.45) is 5.16 Å². The molecule has 0 spiro atoms. The maximum absolute atomic E-state index is 8.33. The van der Waals surface area contributed by atoms with Crippen molar-refractivity contribution in [3.05, 3.63) is 23.8 Å². The maximum atomic E-state index is 8.33. The van der Waals surface area contributed by atoms with Crippen LogP contribution in [-0.4, -0.2) is 25.6 Å². The fourth-order valence-electron chi connectivity index (χ4n) is 0.971. The van der Waals surface area contributed by atoms with E-state index in [1.54, 1.807) is 32.4 Å². The van der Waals surface area contributed by atoms with Gasteiger partial charge in [-0.3, -0.25) is 0 Å². The number of methoxy groups -OCH3 is 2. The average molecular weight is 181 g/mol. The van der Waals surface area contributed by atoms with E-state index in [0.717, 1.165) is 5.56 Å². The van der Waals surface area contributed by atoms with E-state index in [1.807, 2.05) is 0 Å². The van der Waals surface area contributed by atoms with E-state index in [2.05, 4.69) is 5.16 Å². The van der Waals surface area contributed by atoms with Gasteiger partial charge < -0.3 is 14.7 Å². The summed E-state index contributed by atoms with van der Waals surface area (Å²) in [7, 11) is 3.13. The van der Waals surface area contributed by atoms with E-state index >= 15 is 0 Å². The molecule has 1 aromatic carbocycles. The number of oxime groups is 1. The highest BCUT2D eigenvalue weighted by Crippen LogP contribution is 2.21. The van der Waals surface area contributed by atoms with Crippen molar-refractivity contribution in [1.29, 1.82) is 0 Å². The lowest BCUT2D eigenvalue weighted by molar-refractivity contribution is 0.322. The van der Waals surface area contributed by atoms with Crippen LogP contribution in [-0.2, 0) is 0 Å². The van der Waals surface area contributed by atoms with Crippen molar-refractivity contribution in [2.75, 3.05) is 14.2 Å². The van der Waals surface area contributed by atoms with Gasteiger partial charge >= 0.3 is 0 Å². The minimum atomic E-state index is 0.661. The molecule has 0 fully saturated rings. The van der Waals surface area contributed by atoms with Crippen LogP contribution in [0, 0.1) is 0 Å². The smallest absolute Gasteiger partial charge is 0.123 e. The molecule has 0 unspecified atom stereocenters. The van der Waals surface area contributed by atoms with E-state index in [4.69, 9.17) is 14.7 Å². The molecule has 4 nitrogen and oxygen atoms in total. The first-order chi connectivity index (χ1) is 6.30. The molecule has 13 heavy (non-hydrogen) atoms. The highest BCUT2D eigenvalue weighted by atomic mass is 16.5. The molecule has 0 aliphatic heterocycles. The maximum Gasteiger partial charge on any atom is 0.123 e. The number of hydrogen-bond donors (Lipinski definition) is 1. The van der Waals surface area contributed by atoms with E-state index in [0.29, 0.717) is 11.5 Å². The van der Waals surface area contributed by atoms with Gasteiger partial charge in [0.05, 0.1) is 20.4 Å². The summed E-state index contributed by atoms with van der Waals surface area (Å²) in [5.74, 6) is 1.32. The molecule has 70 valence electrons. The number of rotatable bonds is 3. The van der Waals surface area contributed by atoms with E-state index in [1.165, 1.54) is 6.21 Å². The minimum Gasteiger partial charge on any atom is -0.497 e. The van der Waals surface area contributed by atoms with Gasteiger partial charge in [-0.15, -0.1) is 0 Å². The molecule has 0 radical (unpaired) electrons. The molecule has 1 N–H and O–H groups in total. The monoisotopic (exact) mass is 181 g/mol. The Labute approximate surface area is 76.4 Å². The summed E-state index contributed by atoms with van der Waals surface area (Å²) in [4.78, 5) is 0. The second kappa shape index (κ2) is 4.35. The molecular formula is C9H11NO3. The van der Waals surface area contributed by atoms with Gasteiger partial charge in [-0.05, 0) is 12.1 Å². The Morgan fingerprint density at radius 2 is 1.69 bits per heavy atom. The van der Waals surface area contributed by atoms with Crippen LogP contribution in [0.4, 0.5) is 0 Å². The van der Waals surface area contributed by atoms with Crippen LogP contribution < -0.4 is 9.47 Å². The number of nitrogens with zero attached hydrogens (tertiary/aromatic N) is 1. The van der Waals surface area contributed by atoms with Gasteiger partial charge in [0.25, 0.3) is 0 Å². The molecule has 0 aliphatic carbocycles. The van der Waals surface area contributed by atoms with Crippen molar-refractivity contribution >= 4 is 6.21 Å².